The molecule has 1 atom stereocenters. The molecule has 3 heterocycles. The number of fused-ring (bicyclic) bond motifs is 1. The van der Waals surface area contributed by atoms with Crippen molar-refractivity contribution in [3.05, 3.63) is 35.9 Å². The van der Waals surface area contributed by atoms with Crippen LogP contribution in [0.1, 0.15) is 75.6 Å². The topological polar surface area (TPSA) is 81.8 Å². The highest BCUT2D eigenvalue weighted by molar-refractivity contribution is 5.90. The first-order valence-corrected chi connectivity index (χ1v) is 14.2. The van der Waals surface area contributed by atoms with E-state index in [2.05, 4.69) is 10.3 Å². The summed E-state index contributed by atoms with van der Waals surface area (Å²) in [4.78, 5) is 33.1. The normalized spacial score (nSPS) is 31.4. The Balaban J connectivity index is 1.18. The molecule has 2 aromatic rings. The molecule has 4 saturated carbocycles. The zero-order valence-electron chi connectivity index (χ0n) is 22.8. The molecule has 1 aliphatic heterocycles. The largest absolute Gasteiger partial charge is 0.444 e. The molecule has 7 rings (SSSR count). The van der Waals surface area contributed by atoms with E-state index >= 15 is 0 Å². The number of halogens is 1. The molecule has 0 radical (unpaired) electrons. The number of hydrogen-bond donors (Lipinski definition) is 2. The van der Waals surface area contributed by atoms with Crippen molar-refractivity contribution < 1.29 is 23.1 Å². The lowest BCUT2D eigenvalue weighted by Gasteiger charge is -2.56. The van der Waals surface area contributed by atoms with Crippen molar-refractivity contribution in [1.29, 1.82) is 0 Å². The molecule has 2 amide bonds. The predicted octanol–water partition coefficient (Wildman–Crippen LogP) is 3.84. The number of nitrogens with zero attached hydrogens (tertiary/aromatic N) is 3. The summed E-state index contributed by atoms with van der Waals surface area (Å²) in [5, 5.41) is 3.48. The number of imidazole rings is 1. The Kier molecular flexibility index (Phi) is 6.40. The average Bonchev–Trinajstić information content (AvgIpc) is 3.06. The molecule has 0 spiro atoms. The van der Waals surface area contributed by atoms with Crippen LogP contribution in [-0.4, -0.2) is 70.3 Å². The highest BCUT2D eigenvalue weighted by atomic mass is 19.1. The maximum atomic E-state index is 14.9. The molecular formula is C29H41FN5O3+. The summed E-state index contributed by atoms with van der Waals surface area (Å²) in [5.74, 6) is 2.72. The third kappa shape index (κ3) is 5.14. The van der Waals surface area contributed by atoms with Gasteiger partial charge in [0.2, 0.25) is 0 Å². The van der Waals surface area contributed by atoms with Gasteiger partial charge in [0.1, 0.15) is 11.8 Å². The van der Waals surface area contributed by atoms with E-state index in [0.29, 0.717) is 25.5 Å². The molecule has 9 heteroatoms. The first-order chi connectivity index (χ1) is 18.1. The Hall–Kier alpha value is -2.68. The number of amides is 2. The molecule has 1 saturated heterocycles. The maximum Gasteiger partial charge on any atom is 0.410 e. The fraction of sp³-hybridized carbons (Fsp3) is 0.690. The summed E-state index contributed by atoms with van der Waals surface area (Å²) in [7, 11) is 0. The van der Waals surface area contributed by atoms with Crippen molar-refractivity contribution >= 4 is 17.5 Å². The first kappa shape index (κ1) is 25.6. The zero-order chi connectivity index (χ0) is 26.7. The van der Waals surface area contributed by atoms with Crippen LogP contribution in [0.4, 0.5) is 9.18 Å². The van der Waals surface area contributed by atoms with Crippen LogP contribution < -0.4 is 9.72 Å². The fourth-order valence-corrected chi connectivity index (χ4v) is 7.88. The Bertz CT molecular complexity index is 1190. The third-order valence-corrected chi connectivity index (χ3v) is 8.91. The maximum absolute atomic E-state index is 14.9. The van der Waals surface area contributed by atoms with Crippen molar-refractivity contribution in [3.8, 4) is 0 Å². The van der Waals surface area contributed by atoms with Gasteiger partial charge in [-0.15, -0.1) is 0 Å². The van der Waals surface area contributed by atoms with Gasteiger partial charge in [0.05, 0.1) is 19.3 Å². The van der Waals surface area contributed by atoms with Crippen molar-refractivity contribution in [2.45, 2.75) is 83.2 Å². The van der Waals surface area contributed by atoms with E-state index in [9.17, 15) is 14.0 Å². The smallest absolute Gasteiger partial charge is 0.410 e. The summed E-state index contributed by atoms with van der Waals surface area (Å²) in [6.07, 6.45) is 7.53. The second-order valence-corrected chi connectivity index (χ2v) is 13.3. The fourth-order valence-electron chi connectivity index (χ4n) is 7.88. The lowest BCUT2D eigenvalue weighted by atomic mass is 9.53. The van der Waals surface area contributed by atoms with Crippen LogP contribution in [0.15, 0.2) is 24.4 Å². The SMILES string of the molecule is CC(C)(C)OC(=O)N1CCN(Cc2[nH]c(C(=O)NC34CC5CC(CC(C5)C3)C4)[n+]3ccccc23)CC(F)C1. The van der Waals surface area contributed by atoms with Gasteiger partial charge in [-0.1, -0.05) is 6.07 Å². The van der Waals surface area contributed by atoms with E-state index in [-0.39, 0.29) is 24.5 Å². The first-order valence-electron chi connectivity index (χ1n) is 14.2. The zero-order valence-corrected chi connectivity index (χ0v) is 22.8. The molecule has 206 valence electrons. The highest BCUT2D eigenvalue weighted by Crippen LogP contribution is 2.55. The van der Waals surface area contributed by atoms with E-state index in [0.717, 1.165) is 48.2 Å². The van der Waals surface area contributed by atoms with E-state index in [1.54, 1.807) is 0 Å². The van der Waals surface area contributed by atoms with Gasteiger partial charge in [-0.05, 0) is 89.2 Å². The van der Waals surface area contributed by atoms with Gasteiger partial charge < -0.3 is 15.0 Å². The summed E-state index contributed by atoms with van der Waals surface area (Å²) in [5.41, 5.74) is 1.09. The summed E-state index contributed by atoms with van der Waals surface area (Å²) < 4.78 is 22.3. The van der Waals surface area contributed by atoms with Crippen molar-refractivity contribution in [1.82, 2.24) is 20.1 Å². The number of H-pyrrole nitrogens is 1. The number of aromatic amines is 1. The van der Waals surface area contributed by atoms with Crippen LogP contribution in [-0.2, 0) is 11.3 Å². The lowest BCUT2D eigenvalue weighted by Crippen LogP contribution is -2.60. The number of pyridine rings is 1. The number of alkyl halides is 1. The highest BCUT2D eigenvalue weighted by Gasteiger charge is 2.52. The van der Waals surface area contributed by atoms with Crippen LogP contribution in [0.5, 0.6) is 0 Å². The Morgan fingerprint density at radius 2 is 1.79 bits per heavy atom. The van der Waals surface area contributed by atoms with Gasteiger partial charge in [0, 0.05) is 25.2 Å². The minimum atomic E-state index is -1.18. The van der Waals surface area contributed by atoms with Crippen LogP contribution in [0.3, 0.4) is 0 Å². The van der Waals surface area contributed by atoms with Gasteiger partial charge in [-0.25, -0.2) is 14.2 Å². The predicted molar refractivity (Wildman–Crippen MR) is 140 cm³/mol. The molecule has 5 fully saturated rings. The van der Waals surface area contributed by atoms with Gasteiger partial charge in [-0.2, -0.15) is 4.40 Å². The van der Waals surface area contributed by atoms with Crippen LogP contribution in [0.25, 0.3) is 5.52 Å². The molecule has 0 aromatic carbocycles. The van der Waals surface area contributed by atoms with Gasteiger partial charge >= 0.3 is 17.8 Å². The van der Waals surface area contributed by atoms with Crippen LogP contribution >= 0.6 is 0 Å². The minimum Gasteiger partial charge on any atom is -0.444 e. The summed E-state index contributed by atoms with van der Waals surface area (Å²) in [6.45, 7) is 7.04. The average molecular weight is 527 g/mol. The lowest BCUT2D eigenvalue weighted by molar-refractivity contribution is -0.514. The Labute approximate surface area is 223 Å². The number of nitrogens with one attached hydrogen (secondary N) is 2. The molecule has 4 bridgehead atoms. The molecular weight excluding hydrogens is 485 g/mol. The van der Waals surface area contributed by atoms with Gasteiger partial charge in [0.25, 0.3) is 0 Å². The second-order valence-electron chi connectivity index (χ2n) is 13.3. The summed E-state index contributed by atoms with van der Waals surface area (Å²) >= 11 is 0. The number of ether oxygens (including phenoxy) is 1. The molecule has 38 heavy (non-hydrogen) atoms. The molecule has 5 aliphatic rings. The second kappa shape index (κ2) is 9.50. The molecule has 2 aromatic heterocycles. The van der Waals surface area contributed by atoms with Crippen molar-refractivity contribution in [2.24, 2.45) is 17.8 Å². The standard InChI is InChI=1S/C29H40FN5O3/c1-28(2,3)38-27(37)34-9-8-33(16-22(30)17-34)18-23-24-6-4-5-7-35(24)25(31-23)26(36)32-29-13-19-10-20(14-29)12-21(11-19)15-29/h4-7,19-22H,8-18H2,1-3H3,(H,32,36)/p+1. The quantitative estimate of drug-likeness (QED) is 0.593. The Morgan fingerprint density at radius 3 is 2.45 bits per heavy atom. The molecule has 2 N–H and O–H groups in total. The van der Waals surface area contributed by atoms with Gasteiger partial charge in [-0.3, -0.25) is 9.69 Å². The van der Waals surface area contributed by atoms with E-state index < -0.39 is 17.9 Å². The molecule has 8 nitrogen and oxygen atoms in total. The monoisotopic (exact) mass is 526 g/mol. The number of rotatable bonds is 4. The van der Waals surface area contributed by atoms with Gasteiger partial charge in [0.15, 0.2) is 11.2 Å². The number of hydrogen-bond acceptors (Lipinski definition) is 4. The Morgan fingerprint density at radius 1 is 1.11 bits per heavy atom. The minimum absolute atomic E-state index is 0.0182. The van der Waals surface area contributed by atoms with Crippen LogP contribution in [0, 0.1) is 17.8 Å². The third-order valence-electron chi connectivity index (χ3n) is 8.91. The number of carbonyl (C=O) groups excluding carboxylic acids is 2. The van der Waals surface area contributed by atoms with E-state index in [1.165, 1.54) is 24.2 Å². The number of carbonyl (C=O) groups is 2. The van der Waals surface area contributed by atoms with Crippen molar-refractivity contribution in [2.75, 3.05) is 26.2 Å². The molecule has 1 unspecified atom stereocenters. The summed E-state index contributed by atoms with van der Waals surface area (Å²) in [6, 6.07) is 5.87. The number of aromatic nitrogens is 2. The van der Waals surface area contributed by atoms with E-state index in [4.69, 9.17) is 4.74 Å². The van der Waals surface area contributed by atoms with Crippen LogP contribution in [0.2, 0.25) is 0 Å². The van der Waals surface area contributed by atoms with E-state index in [1.807, 2.05) is 54.5 Å². The van der Waals surface area contributed by atoms with Crippen molar-refractivity contribution in [3.63, 3.8) is 0 Å². The molecule has 4 aliphatic carbocycles.